The molecule has 0 fully saturated rings. The second kappa shape index (κ2) is 7.54. The summed E-state index contributed by atoms with van der Waals surface area (Å²) >= 11 is 0. The van der Waals surface area contributed by atoms with E-state index in [1.807, 2.05) is 0 Å². The topological polar surface area (TPSA) is 66.8 Å². The Balaban J connectivity index is -0.0000000125. The summed E-state index contributed by atoms with van der Waals surface area (Å²) < 4.78 is 12.5. The Morgan fingerprint density at radius 3 is 1.75 bits per heavy atom. The fraction of sp³-hybridized carbons (Fsp3) is 0. The van der Waals surface area contributed by atoms with Crippen LogP contribution in [0.5, 0.6) is 0 Å². The average Bonchev–Trinajstić information content (AvgIpc) is 1.35. The van der Waals surface area contributed by atoms with Gasteiger partial charge in [0.25, 0.3) is 8.05 Å². The molecule has 0 amide bonds. The van der Waals surface area contributed by atoms with Crippen molar-refractivity contribution in [1.29, 1.82) is 0 Å². The van der Waals surface area contributed by atoms with Gasteiger partial charge >= 0.3 is 75.1 Å². The summed E-state index contributed by atoms with van der Waals surface area (Å²) in [6.07, 6.45) is 0. The average molecular weight is 174 g/mol. The van der Waals surface area contributed by atoms with Gasteiger partial charge in [-0.1, -0.05) is 0 Å². The summed E-state index contributed by atoms with van der Waals surface area (Å²) in [4.78, 5) is 15.2. The second-order valence-corrected chi connectivity index (χ2v) is 1.79. The molecule has 0 aliphatic carbocycles. The minimum Gasteiger partial charge on any atom is -1.00 e. The third kappa shape index (κ3) is 15.8. The van der Waals surface area contributed by atoms with Crippen LogP contribution in [0.15, 0.2) is 0 Å². The molecule has 0 bridgehead atoms. The monoisotopic (exact) mass is 174 g/mol. The van der Waals surface area contributed by atoms with Gasteiger partial charge in [0.05, 0.1) is 0 Å². The molecule has 2 N–H and O–H groups in total. The van der Waals surface area contributed by atoms with Crippen LogP contribution in [0, 0.1) is 0 Å². The third-order valence-corrected chi connectivity index (χ3v) is 0.412. The number of hydrogen-bond donors (Lipinski definition) is 2. The largest absolute Gasteiger partial charge is 2.00 e. The molecule has 40 valence electrons. The Bertz CT molecular complexity index is 89.4. The van der Waals surface area contributed by atoms with E-state index >= 15 is 0 Å². The molecule has 0 aromatic heterocycles. The van der Waals surface area contributed by atoms with E-state index < -0.39 is 7.82 Å². The molecule has 2 radical (unpaired) electrons. The summed E-state index contributed by atoms with van der Waals surface area (Å²) in [7, 11) is -0.326. The Labute approximate surface area is 105 Å². The summed E-state index contributed by atoms with van der Waals surface area (Å²) in [5, 5.41) is 0. The Hall–Kier alpha value is 2.43. The molecule has 8 heteroatoms. The SMILES string of the molecule is [B]OP(=O)(O)O.[Ca+2].[H-].[H-].[H-].[Na+]. The summed E-state index contributed by atoms with van der Waals surface area (Å²) in [5.74, 6) is 0. The second-order valence-electron chi connectivity index (χ2n) is 0.596. The molecule has 0 heterocycles. The normalized spacial score (nSPS) is 8.75. The molecular formula is H5BCaNaO4P. The molecule has 0 unspecified atom stereocenters. The molecule has 0 aliphatic heterocycles. The predicted octanol–water partition coefficient (Wildman–Crippen LogP) is -3.86. The molecule has 0 rings (SSSR count). The maximum Gasteiger partial charge on any atom is 2.00 e. The van der Waals surface area contributed by atoms with E-state index in [9.17, 15) is 4.57 Å². The maximum absolute atomic E-state index is 9.35. The van der Waals surface area contributed by atoms with Crippen LogP contribution in [-0.2, 0) is 9.01 Å². The first kappa shape index (κ1) is 16.8. The van der Waals surface area contributed by atoms with Crippen molar-refractivity contribution in [3.8, 4) is 0 Å². The minimum atomic E-state index is -4.37. The van der Waals surface area contributed by atoms with E-state index in [4.69, 9.17) is 9.79 Å². The van der Waals surface area contributed by atoms with Gasteiger partial charge in [0.15, 0.2) is 0 Å². The zero-order valence-corrected chi connectivity index (χ0v) is 9.55. The Morgan fingerprint density at radius 1 is 1.62 bits per heavy atom. The van der Waals surface area contributed by atoms with Crippen molar-refractivity contribution < 1.29 is 52.6 Å². The van der Waals surface area contributed by atoms with Gasteiger partial charge in [-0.15, -0.1) is 0 Å². The van der Waals surface area contributed by atoms with E-state index in [0.29, 0.717) is 0 Å². The molecule has 0 aromatic carbocycles. The van der Waals surface area contributed by atoms with Crippen LogP contribution < -0.4 is 29.6 Å². The third-order valence-electron chi connectivity index (χ3n) is 0.137. The standard InChI is InChI=1S/BH2O4P.Ca.Na.3H/c1-5-6(2,3)4;;;;;/h(H2,2,3,4);;;;;/q;+2;+1;3*-1. The van der Waals surface area contributed by atoms with E-state index in [1.165, 1.54) is 0 Å². The van der Waals surface area contributed by atoms with Crippen LogP contribution >= 0.6 is 7.82 Å². The summed E-state index contributed by atoms with van der Waals surface area (Å²) in [6, 6.07) is 0. The van der Waals surface area contributed by atoms with Crippen molar-refractivity contribution in [3.05, 3.63) is 0 Å². The van der Waals surface area contributed by atoms with Gasteiger partial charge in [-0.2, -0.15) is 0 Å². The summed E-state index contributed by atoms with van der Waals surface area (Å²) in [6.45, 7) is 0. The zero-order chi connectivity index (χ0) is 5.21. The first-order valence-electron chi connectivity index (χ1n) is 1.00. The Morgan fingerprint density at radius 2 is 1.75 bits per heavy atom. The van der Waals surface area contributed by atoms with Crippen molar-refractivity contribution in [2.75, 3.05) is 0 Å². The fourth-order valence-corrected chi connectivity index (χ4v) is 0. The van der Waals surface area contributed by atoms with Crippen LogP contribution in [0.1, 0.15) is 4.28 Å². The van der Waals surface area contributed by atoms with Gasteiger partial charge in [-0.05, 0) is 0 Å². The van der Waals surface area contributed by atoms with Crippen molar-refractivity contribution in [2.45, 2.75) is 0 Å². The first-order chi connectivity index (χ1) is 2.56. The van der Waals surface area contributed by atoms with Crippen molar-refractivity contribution in [1.82, 2.24) is 0 Å². The van der Waals surface area contributed by atoms with E-state index in [0.717, 1.165) is 0 Å². The number of hydrogen-bond acceptors (Lipinski definition) is 2. The number of phosphoric acid groups is 1. The van der Waals surface area contributed by atoms with Crippen LogP contribution in [0.2, 0.25) is 0 Å². The van der Waals surface area contributed by atoms with Crippen LogP contribution in [0.25, 0.3) is 0 Å². The molecule has 4 nitrogen and oxygen atoms in total. The van der Waals surface area contributed by atoms with E-state index in [-0.39, 0.29) is 71.6 Å². The van der Waals surface area contributed by atoms with Crippen LogP contribution in [0.3, 0.4) is 0 Å². The summed E-state index contributed by atoms with van der Waals surface area (Å²) in [5.41, 5.74) is 0. The molecular weight excluding hydrogens is 169 g/mol. The van der Waals surface area contributed by atoms with Crippen molar-refractivity contribution in [3.63, 3.8) is 0 Å². The minimum absolute atomic E-state index is 0. The van der Waals surface area contributed by atoms with Gasteiger partial charge in [-0.3, -0.25) is 0 Å². The van der Waals surface area contributed by atoms with Gasteiger partial charge in [-0.25, -0.2) is 4.57 Å². The van der Waals surface area contributed by atoms with Gasteiger partial charge in [0, 0.05) is 0 Å². The molecule has 8 heavy (non-hydrogen) atoms. The maximum atomic E-state index is 9.35. The fourth-order valence-electron chi connectivity index (χ4n) is 0. The quantitative estimate of drug-likeness (QED) is 0.315. The molecule has 0 atom stereocenters. The van der Waals surface area contributed by atoms with Crippen molar-refractivity contribution >= 4 is 53.6 Å². The predicted molar refractivity (Wildman–Crippen MR) is 28.0 cm³/mol. The Kier molecular flexibility index (Phi) is 15.8. The van der Waals surface area contributed by atoms with Crippen LogP contribution in [-0.4, -0.2) is 55.6 Å². The van der Waals surface area contributed by atoms with Gasteiger partial charge in [0.2, 0.25) is 0 Å². The van der Waals surface area contributed by atoms with Gasteiger partial charge in [0.1, 0.15) is 0 Å². The van der Waals surface area contributed by atoms with E-state index in [1.54, 1.807) is 0 Å². The van der Waals surface area contributed by atoms with Crippen molar-refractivity contribution in [2.24, 2.45) is 0 Å². The van der Waals surface area contributed by atoms with Gasteiger partial charge < -0.3 is 18.5 Å². The van der Waals surface area contributed by atoms with E-state index in [2.05, 4.69) is 12.5 Å². The number of rotatable bonds is 1. The molecule has 0 saturated carbocycles. The molecule has 0 spiro atoms. The smallest absolute Gasteiger partial charge is 1.00 e. The van der Waals surface area contributed by atoms with Crippen LogP contribution in [0.4, 0.5) is 0 Å². The molecule has 0 saturated heterocycles. The molecule has 0 aromatic rings. The zero-order valence-electron chi connectivity index (χ0n) is 7.44. The first-order valence-corrected chi connectivity index (χ1v) is 2.53. The molecule has 0 aliphatic rings.